The van der Waals surface area contributed by atoms with Crippen LogP contribution in [-0.4, -0.2) is 11.5 Å². The Morgan fingerprint density at radius 2 is 1.87 bits per heavy atom. The van der Waals surface area contributed by atoms with Crippen LogP contribution < -0.4 is 0 Å². The number of carbonyl (C=O) groups excluding carboxylic acids is 1. The summed E-state index contributed by atoms with van der Waals surface area (Å²) < 4.78 is 5.38. The van der Waals surface area contributed by atoms with Crippen molar-refractivity contribution in [1.29, 1.82) is 0 Å². The Kier molecular flexibility index (Phi) is 6.89. The molecule has 0 radical (unpaired) electrons. The summed E-state index contributed by atoms with van der Waals surface area (Å²) in [6, 6.07) is 0. The molecule has 0 aromatic carbocycles. The molecule has 31 heavy (non-hydrogen) atoms. The molecule has 8 atom stereocenters. The van der Waals surface area contributed by atoms with Crippen molar-refractivity contribution in [2.45, 2.75) is 111 Å². The number of rotatable bonds is 6. The molecule has 2 nitrogen and oxygen atoms in total. The minimum Gasteiger partial charge on any atom is -0.450 e. The molecule has 3 fully saturated rings. The minimum atomic E-state index is -0.643. The van der Waals surface area contributed by atoms with Crippen molar-refractivity contribution in [2.24, 2.45) is 46.3 Å². The van der Waals surface area contributed by atoms with Gasteiger partial charge in [-0.15, -0.1) is 0 Å². The summed E-state index contributed by atoms with van der Waals surface area (Å²) in [5.74, 6) is 5.19. The summed E-state index contributed by atoms with van der Waals surface area (Å²) in [7, 11) is 0. The third-order valence-electron chi connectivity index (χ3n) is 10.5. The number of hydrogen-bond donors (Lipinski definition) is 0. The molecule has 0 aliphatic heterocycles. The highest BCUT2D eigenvalue weighted by Gasteiger charge is 2.59. The van der Waals surface area contributed by atoms with Crippen molar-refractivity contribution in [1.82, 2.24) is 0 Å². The Balaban J connectivity index is 1.47. The number of allylic oxidation sites excluding steroid dienone is 1. The van der Waals surface area contributed by atoms with Crippen molar-refractivity contribution < 1.29 is 9.53 Å². The van der Waals surface area contributed by atoms with E-state index in [2.05, 4.69) is 40.7 Å². The fourth-order valence-corrected chi connectivity index (χ4v) is 9.01. The van der Waals surface area contributed by atoms with Gasteiger partial charge in [-0.05, 0) is 91.3 Å². The molecule has 176 valence electrons. The fourth-order valence-electron chi connectivity index (χ4n) is 8.88. The predicted octanol–water partition coefficient (Wildman–Crippen LogP) is 8.77. The van der Waals surface area contributed by atoms with Crippen LogP contribution in [0.25, 0.3) is 0 Å². The molecular weight excluding hydrogens is 404 g/mol. The van der Waals surface area contributed by atoms with Crippen molar-refractivity contribution in [3.63, 3.8) is 0 Å². The van der Waals surface area contributed by atoms with Gasteiger partial charge >= 0.3 is 5.43 Å². The van der Waals surface area contributed by atoms with Gasteiger partial charge in [0.2, 0.25) is 0 Å². The first kappa shape index (κ1) is 23.7. The summed E-state index contributed by atoms with van der Waals surface area (Å²) in [6.07, 6.45) is 16.7. The molecular formula is C28H45ClO2. The van der Waals surface area contributed by atoms with Crippen LogP contribution in [0, 0.1) is 46.3 Å². The van der Waals surface area contributed by atoms with E-state index in [0.717, 1.165) is 54.8 Å². The minimum absolute atomic E-state index is 0.0164. The number of ether oxygens (including phenoxy) is 1. The maximum atomic E-state index is 11.2. The van der Waals surface area contributed by atoms with Crippen molar-refractivity contribution >= 4 is 17.0 Å². The largest absolute Gasteiger partial charge is 0.450 e. The first-order valence-electron chi connectivity index (χ1n) is 13.2. The molecule has 3 heteroatoms. The molecule has 4 aliphatic carbocycles. The van der Waals surface area contributed by atoms with Gasteiger partial charge in [0, 0.05) is 18.0 Å². The first-order chi connectivity index (χ1) is 14.6. The third-order valence-corrected chi connectivity index (χ3v) is 10.6. The van der Waals surface area contributed by atoms with Gasteiger partial charge in [0.25, 0.3) is 0 Å². The van der Waals surface area contributed by atoms with E-state index in [9.17, 15) is 4.79 Å². The van der Waals surface area contributed by atoms with E-state index in [1.807, 2.05) is 0 Å². The highest BCUT2D eigenvalue weighted by Crippen LogP contribution is 2.67. The van der Waals surface area contributed by atoms with E-state index in [1.54, 1.807) is 5.57 Å². The lowest BCUT2D eigenvalue weighted by molar-refractivity contribution is -0.0573. The summed E-state index contributed by atoms with van der Waals surface area (Å²) in [5, 5.41) is 0. The predicted molar refractivity (Wildman–Crippen MR) is 129 cm³/mol. The Morgan fingerprint density at radius 3 is 2.58 bits per heavy atom. The maximum absolute atomic E-state index is 11.2. The zero-order chi connectivity index (χ0) is 22.4. The van der Waals surface area contributed by atoms with E-state index in [1.165, 1.54) is 51.4 Å². The van der Waals surface area contributed by atoms with Gasteiger partial charge in [0.1, 0.15) is 6.10 Å². The molecule has 2 unspecified atom stereocenters. The summed E-state index contributed by atoms with van der Waals surface area (Å²) in [4.78, 5) is 11.2. The summed E-state index contributed by atoms with van der Waals surface area (Å²) >= 11 is 5.51. The van der Waals surface area contributed by atoms with Gasteiger partial charge in [-0.25, -0.2) is 4.79 Å². The molecule has 0 amide bonds. The second-order valence-electron chi connectivity index (χ2n) is 12.5. The first-order valence-corrected chi connectivity index (χ1v) is 13.6. The summed E-state index contributed by atoms with van der Waals surface area (Å²) in [5.41, 5.74) is 1.77. The Hall–Kier alpha value is -0.500. The quantitative estimate of drug-likeness (QED) is 0.299. The van der Waals surface area contributed by atoms with Crippen LogP contribution in [0.15, 0.2) is 11.6 Å². The lowest BCUT2D eigenvalue weighted by atomic mass is 9.47. The molecule has 4 aliphatic rings. The van der Waals surface area contributed by atoms with Gasteiger partial charge in [-0.1, -0.05) is 65.5 Å². The van der Waals surface area contributed by atoms with Gasteiger partial charge in [-0.2, -0.15) is 0 Å². The van der Waals surface area contributed by atoms with Gasteiger partial charge < -0.3 is 4.74 Å². The van der Waals surface area contributed by atoms with Gasteiger partial charge in [0.05, 0.1) is 0 Å². The average Bonchev–Trinajstić information content (AvgIpc) is 3.05. The van der Waals surface area contributed by atoms with E-state index < -0.39 is 5.43 Å². The molecule has 4 rings (SSSR count). The molecule has 0 bridgehead atoms. The maximum Gasteiger partial charge on any atom is 0.404 e. The van der Waals surface area contributed by atoms with Crippen LogP contribution in [0.1, 0.15) is 105 Å². The Labute approximate surface area is 195 Å². The lowest BCUT2D eigenvalue weighted by Crippen LogP contribution is -2.51. The highest BCUT2D eigenvalue weighted by atomic mass is 35.5. The average molecular weight is 449 g/mol. The van der Waals surface area contributed by atoms with E-state index in [-0.39, 0.29) is 6.10 Å². The third kappa shape index (κ3) is 4.36. The molecule has 0 saturated heterocycles. The van der Waals surface area contributed by atoms with Crippen molar-refractivity contribution in [2.75, 3.05) is 0 Å². The molecule has 0 N–H and O–H groups in total. The fraction of sp³-hybridized carbons (Fsp3) is 0.893. The second kappa shape index (κ2) is 9.03. The summed E-state index contributed by atoms with van der Waals surface area (Å²) in [6.45, 7) is 12.5. The standard InChI is InChI=1S/C28H45ClO2/c1-18(2)7-6-8-19(3)23-11-12-24-22-10-9-20-17-21(31-26(29)30)13-15-27(20,4)25(22)14-16-28(23,24)5/h9,18-19,21-25H,6-8,10-17H2,1-5H3/t19?,21-,22?,23+,24-,25-,27-,28+/m0/s1. The number of fused-ring (bicyclic) bond motifs is 5. The van der Waals surface area contributed by atoms with Crippen LogP contribution in [-0.2, 0) is 4.74 Å². The van der Waals surface area contributed by atoms with Crippen LogP contribution in [0.3, 0.4) is 0 Å². The van der Waals surface area contributed by atoms with Crippen LogP contribution in [0.5, 0.6) is 0 Å². The second-order valence-corrected chi connectivity index (χ2v) is 12.8. The van der Waals surface area contributed by atoms with Crippen LogP contribution in [0.4, 0.5) is 4.79 Å². The Bertz CT molecular complexity index is 699. The number of carbonyl (C=O) groups is 1. The van der Waals surface area contributed by atoms with Crippen LogP contribution in [0.2, 0.25) is 0 Å². The smallest absolute Gasteiger partial charge is 0.404 e. The van der Waals surface area contributed by atoms with Gasteiger partial charge in [0.15, 0.2) is 0 Å². The zero-order valence-corrected chi connectivity index (χ0v) is 21.3. The molecule has 0 spiro atoms. The SMILES string of the molecule is CC(C)CCCC(C)[C@H]1CC[C@H]2C3CC=C4C[C@@H](OC(=O)Cl)CC[C@]4(C)[C@H]3CC[C@]12C. The van der Waals surface area contributed by atoms with Crippen molar-refractivity contribution in [3.05, 3.63) is 11.6 Å². The normalized spacial score (nSPS) is 42.9. The van der Waals surface area contributed by atoms with Gasteiger partial charge in [-0.3, -0.25) is 0 Å². The monoisotopic (exact) mass is 448 g/mol. The van der Waals surface area contributed by atoms with E-state index in [0.29, 0.717) is 10.8 Å². The molecule has 0 aromatic rings. The number of halogens is 1. The molecule has 0 heterocycles. The molecule has 3 saturated carbocycles. The Morgan fingerprint density at radius 1 is 1.10 bits per heavy atom. The highest BCUT2D eigenvalue weighted by molar-refractivity contribution is 6.61. The lowest BCUT2D eigenvalue weighted by Gasteiger charge is -2.58. The molecule has 0 aromatic heterocycles. The van der Waals surface area contributed by atoms with Crippen molar-refractivity contribution in [3.8, 4) is 0 Å². The van der Waals surface area contributed by atoms with E-state index >= 15 is 0 Å². The van der Waals surface area contributed by atoms with E-state index in [4.69, 9.17) is 16.3 Å². The van der Waals surface area contributed by atoms with Crippen LogP contribution >= 0.6 is 11.6 Å². The topological polar surface area (TPSA) is 26.3 Å². The number of hydrogen-bond acceptors (Lipinski definition) is 2. The zero-order valence-electron chi connectivity index (χ0n) is 20.6.